The number of H-pyrrole nitrogens is 1. The van der Waals surface area contributed by atoms with Crippen LogP contribution in [-0.4, -0.2) is 61.3 Å². The summed E-state index contributed by atoms with van der Waals surface area (Å²) in [5, 5.41) is 9.81. The summed E-state index contributed by atoms with van der Waals surface area (Å²) in [6.07, 6.45) is 0.226. The van der Waals surface area contributed by atoms with Crippen LogP contribution in [-0.2, 0) is 9.59 Å². The van der Waals surface area contributed by atoms with Crippen LogP contribution in [0, 0.1) is 5.92 Å². The second-order valence-electron chi connectivity index (χ2n) is 6.40. The molecule has 0 bridgehead atoms. The molecule has 9 heteroatoms. The lowest BCUT2D eigenvalue weighted by atomic mass is 10.1. The van der Waals surface area contributed by atoms with E-state index in [2.05, 4.69) is 15.5 Å². The van der Waals surface area contributed by atoms with Crippen LogP contribution in [0.5, 0.6) is 17.2 Å². The molecule has 9 nitrogen and oxygen atoms in total. The van der Waals surface area contributed by atoms with E-state index in [0.717, 1.165) is 5.56 Å². The monoisotopic (exact) mass is 388 g/mol. The van der Waals surface area contributed by atoms with Gasteiger partial charge in [-0.25, -0.2) is 0 Å². The Morgan fingerprint density at radius 3 is 2.43 bits per heavy atom. The van der Waals surface area contributed by atoms with Crippen LogP contribution < -0.4 is 19.5 Å². The fourth-order valence-electron chi connectivity index (χ4n) is 3.25. The smallest absolute Gasteiger partial charge is 0.230 e. The molecule has 2 heterocycles. The lowest BCUT2D eigenvalue weighted by molar-refractivity contribution is -0.128. The van der Waals surface area contributed by atoms with Crippen molar-refractivity contribution in [2.24, 2.45) is 5.92 Å². The maximum absolute atomic E-state index is 12.5. The number of aromatic amines is 1. The van der Waals surface area contributed by atoms with Crippen molar-refractivity contribution in [3.05, 3.63) is 18.2 Å². The summed E-state index contributed by atoms with van der Waals surface area (Å²) in [6.45, 7) is 2.94. The van der Waals surface area contributed by atoms with Crippen LogP contribution in [0.1, 0.15) is 13.3 Å². The number of carbonyl (C=O) groups is 2. The molecular formula is C19H24N4O5. The molecule has 0 aliphatic carbocycles. The van der Waals surface area contributed by atoms with E-state index in [1.807, 2.05) is 6.92 Å². The van der Waals surface area contributed by atoms with Crippen molar-refractivity contribution in [1.82, 2.24) is 15.1 Å². The van der Waals surface area contributed by atoms with Gasteiger partial charge in [0.1, 0.15) is 0 Å². The third-order valence-electron chi connectivity index (χ3n) is 4.77. The molecule has 28 heavy (non-hydrogen) atoms. The quantitative estimate of drug-likeness (QED) is 0.751. The number of carbonyl (C=O) groups excluding carboxylic acids is 2. The van der Waals surface area contributed by atoms with Gasteiger partial charge in [-0.1, -0.05) is 0 Å². The first-order chi connectivity index (χ1) is 13.5. The molecule has 1 saturated heterocycles. The SMILES string of the molecule is CCN1CC(C(=O)Nc2cc(-c3cc(OC)c(OC)c(OC)c3)[nH]n2)CC1=O. The van der Waals surface area contributed by atoms with E-state index in [4.69, 9.17) is 14.2 Å². The van der Waals surface area contributed by atoms with Crippen LogP contribution in [0.4, 0.5) is 5.82 Å². The first-order valence-corrected chi connectivity index (χ1v) is 8.95. The molecule has 1 aliphatic heterocycles. The van der Waals surface area contributed by atoms with Gasteiger partial charge in [0, 0.05) is 31.1 Å². The third kappa shape index (κ3) is 3.73. The van der Waals surface area contributed by atoms with Gasteiger partial charge in [-0.05, 0) is 19.1 Å². The number of nitrogens with one attached hydrogen (secondary N) is 2. The number of hydrogen-bond donors (Lipinski definition) is 2. The Morgan fingerprint density at radius 2 is 1.89 bits per heavy atom. The van der Waals surface area contributed by atoms with E-state index in [1.165, 1.54) is 7.11 Å². The zero-order valence-electron chi connectivity index (χ0n) is 16.4. The van der Waals surface area contributed by atoms with Crippen LogP contribution >= 0.6 is 0 Å². The highest BCUT2D eigenvalue weighted by atomic mass is 16.5. The largest absolute Gasteiger partial charge is 0.493 e. The number of nitrogens with zero attached hydrogens (tertiary/aromatic N) is 2. The minimum atomic E-state index is -0.367. The van der Waals surface area contributed by atoms with E-state index >= 15 is 0 Å². The molecule has 1 aromatic carbocycles. The van der Waals surface area contributed by atoms with Gasteiger partial charge in [0.25, 0.3) is 0 Å². The standard InChI is InChI=1S/C19H24N4O5/c1-5-23-10-12(8-17(23)24)19(25)20-16-9-13(21-22-16)11-6-14(26-2)18(28-4)15(7-11)27-3/h6-7,9,12H,5,8,10H2,1-4H3,(H2,20,21,22,25). The Labute approximate surface area is 163 Å². The summed E-state index contributed by atoms with van der Waals surface area (Å²) >= 11 is 0. The number of rotatable bonds is 7. The maximum atomic E-state index is 12.5. The normalized spacial score (nSPS) is 16.2. The summed E-state index contributed by atoms with van der Waals surface area (Å²) in [5.41, 5.74) is 1.43. The number of methoxy groups -OCH3 is 3. The number of aromatic nitrogens is 2. The van der Waals surface area contributed by atoms with Gasteiger partial charge in [-0.3, -0.25) is 14.7 Å². The molecular weight excluding hydrogens is 364 g/mol. The van der Waals surface area contributed by atoms with Crippen LogP contribution in [0.3, 0.4) is 0 Å². The number of anilines is 1. The van der Waals surface area contributed by atoms with E-state index in [0.29, 0.717) is 41.8 Å². The highest BCUT2D eigenvalue weighted by Crippen LogP contribution is 2.41. The summed E-state index contributed by atoms with van der Waals surface area (Å²) < 4.78 is 16.1. The van der Waals surface area contributed by atoms with Crippen LogP contribution in [0.25, 0.3) is 11.3 Å². The average Bonchev–Trinajstić information content (AvgIpc) is 3.33. The van der Waals surface area contributed by atoms with Crippen molar-refractivity contribution in [2.75, 3.05) is 39.7 Å². The summed E-state index contributed by atoms with van der Waals surface area (Å²) in [7, 11) is 4.63. The first kappa shape index (κ1) is 19.5. The molecule has 1 fully saturated rings. The van der Waals surface area contributed by atoms with E-state index in [1.54, 1.807) is 37.3 Å². The molecule has 2 N–H and O–H groups in total. The molecule has 150 valence electrons. The van der Waals surface area contributed by atoms with Crippen molar-refractivity contribution in [3.63, 3.8) is 0 Å². The molecule has 0 saturated carbocycles. The highest BCUT2D eigenvalue weighted by molar-refractivity contribution is 5.97. The molecule has 1 unspecified atom stereocenters. The zero-order valence-corrected chi connectivity index (χ0v) is 16.4. The van der Waals surface area contributed by atoms with Gasteiger partial charge in [0.2, 0.25) is 17.6 Å². The van der Waals surface area contributed by atoms with Crippen molar-refractivity contribution in [3.8, 4) is 28.5 Å². The highest BCUT2D eigenvalue weighted by Gasteiger charge is 2.33. The number of ether oxygens (including phenoxy) is 3. The molecule has 3 rings (SSSR count). The Balaban J connectivity index is 1.77. The van der Waals surface area contributed by atoms with E-state index in [9.17, 15) is 9.59 Å². The second kappa shape index (κ2) is 8.20. The van der Waals surface area contributed by atoms with E-state index < -0.39 is 0 Å². The summed E-state index contributed by atoms with van der Waals surface area (Å²) in [5.74, 6) is 1.33. The molecule has 2 amide bonds. The lowest BCUT2D eigenvalue weighted by Crippen LogP contribution is -2.28. The summed E-state index contributed by atoms with van der Waals surface area (Å²) in [4.78, 5) is 26.0. The van der Waals surface area contributed by atoms with E-state index in [-0.39, 0.29) is 24.2 Å². The molecule has 2 aromatic rings. The van der Waals surface area contributed by atoms with Gasteiger partial charge in [-0.2, -0.15) is 5.10 Å². The Kier molecular flexibility index (Phi) is 5.72. The van der Waals surface area contributed by atoms with Crippen LogP contribution in [0.2, 0.25) is 0 Å². The van der Waals surface area contributed by atoms with Gasteiger partial charge in [0.15, 0.2) is 17.3 Å². The Morgan fingerprint density at radius 1 is 1.21 bits per heavy atom. The van der Waals surface area contributed by atoms with Crippen molar-refractivity contribution < 1.29 is 23.8 Å². The second-order valence-corrected chi connectivity index (χ2v) is 6.40. The first-order valence-electron chi connectivity index (χ1n) is 8.95. The number of amides is 2. The third-order valence-corrected chi connectivity index (χ3v) is 4.77. The number of hydrogen-bond acceptors (Lipinski definition) is 6. The Bertz CT molecular complexity index is 854. The Hall–Kier alpha value is -3.23. The molecule has 0 spiro atoms. The topological polar surface area (TPSA) is 106 Å². The fourth-order valence-corrected chi connectivity index (χ4v) is 3.25. The molecule has 1 aromatic heterocycles. The molecule has 1 aliphatic rings. The van der Waals surface area contributed by atoms with Crippen molar-refractivity contribution in [1.29, 1.82) is 0 Å². The maximum Gasteiger partial charge on any atom is 0.230 e. The minimum Gasteiger partial charge on any atom is -0.493 e. The van der Waals surface area contributed by atoms with Crippen molar-refractivity contribution >= 4 is 17.6 Å². The summed E-state index contributed by atoms with van der Waals surface area (Å²) in [6, 6.07) is 5.29. The van der Waals surface area contributed by atoms with Crippen LogP contribution in [0.15, 0.2) is 18.2 Å². The number of likely N-dealkylation sites (tertiary alicyclic amines) is 1. The predicted octanol–water partition coefficient (Wildman–Crippen LogP) is 1.91. The zero-order chi connectivity index (χ0) is 20.3. The lowest BCUT2D eigenvalue weighted by Gasteiger charge is -2.13. The fraction of sp³-hybridized carbons (Fsp3) is 0.421. The predicted molar refractivity (Wildman–Crippen MR) is 103 cm³/mol. The number of benzene rings is 1. The van der Waals surface area contributed by atoms with Gasteiger partial charge in [0.05, 0.1) is 32.9 Å². The van der Waals surface area contributed by atoms with Gasteiger partial charge in [-0.15, -0.1) is 0 Å². The van der Waals surface area contributed by atoms with Gasteiger partial charge < -0.3 is 24.4 Å². The van der Waals surface area contributed by atoms with Gasteiger partial charge >= 0.3 is 0 Å². The minimum absolute atomic E-state index is 0.00258. The van der Waals surface area contributed by atoms with Crippen molar-refractivity contribution in [2.45, 2.75) is 13.3 Å². The molecule has 0 radical (unpaired) electrons. The molecule has 1 atom stereocenters. The average molecular weight is 388 g/mol.